The second-order valence-electron chi connectivity index (χ2n) is 40.8. The monoisotopic (exact) mass is 2060 g/mol. The van der Waals surface area contributed by atoms with Crippen molar-refractivity contribution in [1.82, 2.24) is 73.0 Å². The number of carboxylic acid groups (broad SMARTS) is 1. The third-order valence-corrected chi connectivity index (χ3v) is 30.9. The molecule has 3 heterocycles. The standard InChI is InChI=1S/C107H147N15O20S3/c1-20-61(4)85(116-84(123)56-110-92(125)81(115-103(136)139-57-77-74-47-34-32-45-72(74)73-46-33-35-48-75(73)77)60-144-107(69-39-26-23-27-40-69,70-41-28-24-29-42-70)71-43-30-25-31-44-71)96(129)112-78(49-36-52-109-102(108)120-145(137,138)90-65(8)64(7)89-76(66(90)9)55-106(18,19)142-89)93(126)119-88(68(11)141-105(15,16)17)98(131)111-67(10)91(124)113-79(58-140-104(12,13)14)94(127)118-87(63(6)22-3)100(133)122-54-38-51-83(122)99(132)121-53-37-50-82(121)95(128)117-86(62(5)21-2)97(130)114-80(59-143)101(134)135/h23-35,39-48,61-63,67-68,77-83,85-88,143H,20-22,36-38,49-60H2,1-19H3,(H,110,125)(H,111,131)(H,112,129)(H,113,124)(H,114,130)(H,115,136)(H,116,123)(H,117,128)(H,118,127)(H,119,126)(H,134,135)(H3,108,109,120)/t61-,62-,63-,67-,68+,78-,79-,80-,81-,82-,83-,85-,86-,87-,88-/m0/s1. The molecule has 14 N–H and O–H groups in total. The number of ether oxygens (including phenoxy) is 4. The molecule has 35 nitrogen and oxygen atoms in total. The average molecular weight is 2060 g/mol. The number of nitrogens with one attached hydrogen (secondary N) is 13. The van der Waals surface area contributed by atoms with Gasteiger partial charge in [-0.2, -0.15) is 12.6 Å². The summed E-state index contributed by atoms with van der Waals surface area (Å²) in [5.41, 5.74) is 6.20. The van der Waals surface area contributed by atoms with Crippen LogP contribution in [0.5, 0.6) is 5.75 Å². The summed E-state index contributed by atoms with van der Waals surface area (Å²) in [6, 6.07) is 29.7. The van der Waals surface area contributed by atoms with E-state index in [0.29, 0.717) is 54.5 Å². The summed E-state index contributed by atoms with van der Waals surface area (Å²) in [6.07, 6.45) is 0.169. The molecular weight excluding hydrogens is 1910 g/mol. The van der Waals surface area contributed by atoms with Gasteiger partial charge in [0.2, 0.25) is 70.9 Å². The van der Waals surface area contributed by atoms with Gasteiger partial charge in [-0.15, -0.1) is 11.8 Å². The van der Waals surface area contributed by atoms with Gasteiger partial charge in [0.25, 0.3) is 10.0 Å². The molecule has 6 aromatic carbocycles. The molecular formula is C107H147N15O20S3. The minimum absolute atomic E-state index is 0.0245. The average Bonchev–Trinajstić information content (AvgIpc) is 0.953. The maximum Gasteiger partial charge on any atom is 0.407 e. The maximum absolute atomic E-state index is 15.5. The minimum Gasteiger partial charge on any atom is -0.487 e. The van der Waals surface area contributed by atoms with Gasteiger partial charge in [-0.05, 0) is 202 Å². The van der Waals surface area contributed by atoms with Crippen molar-refractivity contribution >= 4 is 117 Å². The summed E-state index contributed by atoms with van der Waals surface area (Å²) in [6.45, 7) is 31.2. The van der Waals surface area contributed by atoms with Crippen LogP contribution in [0.4, 0.5) is 4.79 Å². The molecule has 1 aliphatic carbocycles. The number of carboxylic acids is 1. The van der Waals surface area contributed by atoms with Crippen molar-refractivity contribution in [3.8, 4) is 16.9 Å². The number of sulfonamides is 1. The van der Waals surface area contributed by atoms with Gasteiger partial charge in [-0.3, -0.25) is 58.1 Å². The smallest absolute Gasteiger partial charge is 0.407 e. The number of hydrogen-bond donors (Lipinski definition) is 15. The lowest BCUT2D eigenvalue weighted by Gasteiger charge is -2.36. The molecule has 3 aliphatic heterocycles. The van der Waals surface area contributed by atoms with Gasteiger partial charge in [-0.25, -0.2) is 22.7 Å². The van der Waals surface area contributed by atoms with Crippen LogP contribution in [0.25, 0.3) is 11.1 Å². The summed E-state index contributed by atoms with van der Waals surface area (Å²) < 4.78 is 55.0. The Bertz CT molecular complexity index is 5610. The number of alkyl carbamates (subject to hydrolysis) is 1. The van der Waals surface area contributed by atoms with Crippen LogP contribution in [-0.2, 0) is 92.9 Å². The highest BCUT2D eigenvalue weighted by molar-refractivity contribution is 8.00. The molecule has 0 saturated carbocycles. The van der Waals surface area contributed by atoms with Gasteiger partial charge in [0, 0.05) is 49.0 Å². The molecule has 0 radical (unpaired) electrons. The summed E-state index contributed by atoms with van der Waals surface area (Å²) >= 11 is 5.45. The third-order valence-electron chi connectivity index (χ3n) is 27.3. The molecule has 788 valence electrons. The van der Waals surface area contributed by atoms with E-state index in [1.54, 1.807) is 104 Å². The molecule has 38 heteroatoms. The first-order valence-electron chi connectivity index (χ1n) is 50.0. The Morgan fingerprint density at radius 2 is 1.05 bits per heavy atom. The molecule has 145 heavy (non-hydrogen) atoms. The zero-order valence-electron chi connectivity index (χ0n) is 86.6. The molecule has 6 aromatic rings. The first-order chi connectivity index (χ1) is 68.5. The number of carbonyl (C=O) groups is 13. The van der Waals surface area contributed by atoms with E-state index in [1.807, 2.05) is 153 Å². The molecule has 0 aromatic heterocycles. The number of hydrogen-bond acceptors (Lipinski definition) is 22. The zero-order chi connectivity index (χ0) is 106. The lowest BCUT2D eigenvalue weighted by molar-refractivity contribution is -0.149. The molecule has 0 spiro atoms. The van der Waals surface area contributed by atoms with Crippen molar-refractivity contribution in [1.29, 1.82) is 5.41 Å². The van der Waals surface area contributed by atoms with Gasteiger partial charge >= 0.3 is 12.1 Å². The molecule has 10 rings (SSSR count). The summed E-state index contributed by atoms with van der Waals surface area (Å²) in [5, 5.41) is 48.7. The first-order valence-corrected chi connectivity index (χ1v) is 53.1. The fourth-order valence-corrected chi connectivity index (χ4v) is 22.2. The van der Waals surface area contributed by atoms with Crippen LogP contribution >= 0.6 is 24.4 Å². The number of fused-ring (bicyclic) bond motifs is 4. The normalized spacial score (nSPS) is 17.6. The number of rotatable bonds is 47. The van der Waals surface area contributed by atoms with Crippen LogP contribution in [0.3, 0.4) is 0 Å². The van der Waals surface area contributed by atoms with Crippen molar-refractivity contribution in [2.24, 2.45) is 17.8 Å². The Kier molecular flexibility index (Phi) is 40.2. The van der Waals surface area contributed by atoms with Gasteiger partial charge < -0.3 is 92.3 Å². The second kappa shape index (κ2) is 50.8. The van der Waals surface area contributed by atoms with E-state index in [0.717, 1.165) is 44.5 Å². The van der Waals surface area contributed by atoms with Crippen molar-refractivity contribution in [3.05, 3.63) is 190 Å². The number of likely N-dealkylation sites (tertiary alicyclic amines) is 2. The van der Waals surface area contributed by atoms with Crippen LogP contribution in [0.2, 0.25) is 0 Å². The highest BCUT2D eigenvalue weighted by atomic mass is 32.2. The van der Waals surface area contributed by atoms with Crippen LogP contribution in [0.15, 0.2) is 144 Å². The number of carbonyl (C=O) groups excluding carboxylic acids is 12. The quantitative estimate of drug-likeness (QED) is 0.00555. The largest absolute Gasteiger partial charge is 0.487 e. The van der Waals surface area contributed by atoms with E-state index in [-0.39, 0.29) is 80.7 Å². The molecule has 15 atom stereocenters. The lowest BCUT2D eigenvalue weighted by atomic mass is 9.84. The number of nitrogens with zero attached hydrogens (tertiary/aromatic N) is 2. The summed E-state index contributed by atoms with van der Waals surface area (Å²) in [4.78, 5) is 193. The topological polar surface area (TPSA) is 488 Å². The third kappa shape index (κ3) is 29.4. The van der Waals surface area contributed by atoms with E-state index in [1.165, 1.54) is 35.4 Å². The fraction of sp³-hybridized carbons (Fsp3) is 0.533. The Labute approximate surface area is 861 Å². The summed E-state index contributed by atoms with van der Waals surface area (Å²) in [5.74, 6) is -12.6. The zero-order valence-corrected chi connectivity index (χ0v) is 89.1. The lowest BCUT2D eigenvalue weighted by Crippen LogP contribution is -2.63. The molecule has 2 fully saturated rings. The molecule has 4 aliphatic rings. The number of aliphatic carboxylic acids is 1. The van der Waals surface area contributed by atoms with Gasteiger partial charge in [0.15, 0.2) is 0 Å². The fourth-order valence-electron chi connectivity index (χ4n) is 18.8. The second-order valence-corrected chi connectivity index (χ2v) is 44.0. The van der Waals surface area contributed by atoms with Crippen LogP contribution in [0.1, 0.15) is 225 Å². The van der Waals surface area contributed by atoms with E-state index in [4.69, 9.17) is 24.4 Å². The SMILES string of the molecule is CC[C@H](C)[C@H](NC(=O)CNC(=O)[C@H](CSC(c1ccccc1)(c1ccccc1)c1ccccc1)NC(=O)OCC1c2ccccc2-c2ccccc21)C(=O)N[C@@H](CCCNC(=N)NS(=O)(=O)c1c(C)c(C)c2c(c1C)CC(C)(C)O2)C(=O)N[C@H](C(=O)N[C@@H](C)C(=O)N[C@@H](COC(C)(C)C)C(=O)N[C@H](C(=O)N1CCC[C@H]1C(=O)N1CCC[C@H]1C(=O)N[C@H](C(=O)N[C@@H](CS)C(=O)O)[C@@H](C)CC)[C@@H](C)CC)[C@@H](C)OC(C)(C)C. The highest BCUT2D eigenvalue weighted by Crippen LogP contribution is 2.50. The predicted molar refractivity (Wildman–Crippen MR) is 557 cm³/mol. The number of thiol groups is 1. The molecule has 0 bridgehead atoms. The van der Waals surface area contributed by atoms with Crippen molar-refractivity contribution in [2.75, 3.05) is 50.9 Å². The van der Waals surface area contributed by atoms with E-state index in [2.05, 4.69) is 75.8 Å². The molecule has 2 saturated heterocycles. The van der Waals surface area contributed by atoms with E-state index >= 15 is 28.8 Å². The Hall–Kier alpha value is -12.1. The maximum atomic E-state index is 15.5. The van der Waals surface area contributed by atoms with Gasteiger partial charge in [0.05, 0.1) is 40.1 Å². The van der Waals surface area contributed by atoms with Crippen molar-refractivity contribution < 1.29 is 94.8 Å². The highest BCUT2D eigenvalue weighted by Gasteiger charge is 2.48. The van der Waals surface area contributed by atoms with E-state index < -0.39 is 218 Å². The van der Waals surface area contributed by atoms with Gasteiger partial charge in [0.1, 0.15) is 84.4 Å². The van der Waals surface area contributed by atoms with Crippen LogP contribution in [-0.4, -0.2) is 247 Å². The van der Waals surface area contributed by atoms with Crippen molar-refractivity contribution in [3.63, 3.8) is 0 Å². The van der Waals surface area contributed by atoms with Crippen molar-refractivity contribution in [2.45, 2.75) is 301 Å². The number of amides is 12. The first kappa shape index (κ1) is 115. The Morgan fingerprint density at radius 1 is 0.552 bits per heavy atom. The van der Waals surface area contributed by atoms with E-state index in [9.17, 15) is 47.1 Å². The number of thioether (sulfide) groups is 1. The Balaban J connectivity index is 0.879. The van der Waals surface area contributed by atoms with Crippen LogP contribution in [0, 0.1) is 43.9 Å². The van der Waals surface area contributed by atoms with Gasteiger partial charge in [-0.1, -0.05) is 200 Å². The minimum atomic E-state index is -4.44. The molecule has 0 unspecified atom stereocenters. The predicted octanol–water partition coefficient (Wildman–Crippen LogP) is 9.71. The summed E-state index contributed by atoms with van der Waals surface area (Å²) in [7, 11) is -4.44. The Morgan fingerprint density at radius 3 is 1.59 bits per heavy atom. The van der Waals surface area contributed by atoms with Crippen LogP contribution < -0.4 is 67.9 Å². The molecule has 12 amide bonds. The number of benzene rings is 6. The number of guanidine groups is 1.